The molecule has 0 aromatic heterocycles. The summed E-state index contributed by atoms with van der Waals surface area (Å²) < 4.78 is 0. The fraction of sp³-hybridized carbons (Fsp3) is 0. The van der Waals surface area contributed by atoms with Crippen LogP contribution < -0.4 is 11.5 Å². The van der Waals surface area contributed by atoms with Gasteiger partial charge in [-0.3, -0.25) is 4.79 Å². The Bertz CT molecular complexity index is 278. The number of amides is 1. The first-order valence-electron chi connectivity index (χ1n) is 2.97. The van der Waals surface area contributed by atoms with Gasteiger partial charge in [-0.2, -0.15) is 0 Å². The Morgan fingerprint density at radius 3 is 2.45 bits per heavy atom. The Morgan fingerprint density at radius 2 is 2.00 bits per heavy atom. The SMILES string of the molecule is NC(=O)c1cc(N)cc([S])c1. The summed E-state index contributed by atoms with van der Waals surface area (Å²) in [4.78, 5) is 11.2. The van der Waals surface area contributed by atoms with Gasteiger partial charge < -0.3 is 11.5 Å². The standard InChI is InChI=1S/C7H7N2OS/c8-5-1-4(7(9)10)2-6(11)3-5/h1-3H,8H2,(H2,9,10). The molecule has 0 spiro atoms. The Kier molecular flexibility index (Phi) is 1.96. The predicted molar refractivity (Wildman–Crippen MR) is 45.2 cm³/mol. The zero-order valence-corrected chi connectivity index (χ0v) is 6.52. The molecule has 1 radical (unpaired) electrons. The average molecular weight is 167 g/mol. The minimum atomic E-state index is -0.511. The summed E-state index contributed by atoms with van der Waals surface area (Å²) in [7, 11) is 0. The molecule has 0 saturated heterocycles. The zero-order chi connectivity index (χ0) is 8.43. The Morgan fingerprint density at radius 1 is 1.36 bits per heavy atom. The molecular formula is C7H7N2OS. The van der Waals surface area contributed by atoms with E-state index < -0.39 is 5.91 Å². The number of nitrogen functional groups attached to an aromatic ring is 1. The molecule has 0 aliphatic heterocycles. The van der Waals surface area contributed by atoms with Crippen molar-refractivity contribution in [3.8, 4) is 0 Å². The highest BCUT2D eigenvalue weighted by molar-refractivity contribution is 7.80. The highest BCUT2D eigenvalue weighted by Gasteiger charge is 2.01. The second-order valence-corrected chi connectivity index (χ2v) is 2.63. The summed E-state index contributed by atoms with van der Waals surface area (Å²) in [6.07, 6.45) is 0. The summed E-state index contributed by atoms with van der Waals surface area (Å²) in [6, 6.07) is 4.62. The highest BCUT2D eigenvalue weighted by Crippen LogP contribution is 2.14. The van der Waals surface area contributed by atoms with Crippen LogP contribution in [-0.2, 0) is 0 Å². The third-order valence-corrected chi connectivity index (χ3v) is 1.45. The molecular weight excluding hydrogens is 160 g/mol. The molecule has 1 rings (SSSR count). The van der Waals surface area contributed by atoms with Crippen LogP contribution in [0.25, 0.3) is 0 Å². The quantitative estimate of drug-likeness (QED) is 0.611. The van der Waals surface area contributed by atoms with E-state index in [-0.39, 0.29) is 0 Å². The van der Waals surface area contributed by atoms with Gasteiger partial charge in [0.05, 0.1) is 0 Å². The van der Waals surface area contributed by atoms with Gasteiger partial charge in [-0.25, -0.2) is 0 Å². The van der Waals surface area contributed by atoms with Crippen LogP contribution in [0, 0.1) is 0 Å². The minimum absolute atomic E-state index is 0.356. The maximum absolute atomic E-state index is 10.6. The lowest BCUT2D eigenvalue weighted by Gasteiger charge is -1.98. The van der Waals surface area contributed by atoms with Crippen molar-refractivity contribution >= 4 is 24.2 Å². The molecule has 1 aromatic carbocycles. The van der Waals surface area contributed by atoms with E-state index in [2.05, 4.69) is 0 Å². The first-order valence-corrected chi connectivity index (χ1v) is 3.38. The van der Waals surface area contributed by atoms with Crippen LogP contribution in [0.5, 0.6) is 0 Å². The van der Waals surface area contributed by atoms with Crippen LogP contribution in [0.15, 0.2) is 23.1 Å². The molecule has 11 heavy (non-hydrogen) atoms. The molecule has 1 aromatic rings. The van der Waals surface area contributed by atoms with Gasteiger partial charge in [0.15, 0.2) is 0 Å². The summed E-state index contributed by atoms with van der Waals surface area (Å²) in [5, 5.41) is 0. The molecule has 0 heterocycles. The van der Waals surface area contributed by atoms with E-state index in [1.807, 2.05) is 0 Å². The second-order valence-electron chi connectivity index (χ2n) is 2.15. The van der Waals surface area contributed by atoms with E-state index in [0.717, 1.165) is 0 Å². The van der Waals surface area contributed by atoms with E-state index in [1.165, 1.54) is 12.1 Å². The smallest absolute Gasteiger partial charge is 0.248 e. The summed E-state index contributed by atoms with van der Waals surface area (Å²) in [5.74, 6) is -0.511. The number of anilines is 1. The van der Waals surface area contributed by atoms with Crippen molar-refractivity contribution in [3.05, 3.63) is 23.8 Å². The maximum Gasteiger partial charge on any atom is 0.248 e. The van der Waals surface area contributed by atoms with Crippen LogP contribution in [0.1, 0.15) is 10.4 Å². The Balaban J connectivity index is 3.19. The molecule has 4 N–H and O–H groups in total. The molecule has 0 unspecified atom stereocenters. The number of carbonyl (C=O) groups excluding carboxylic acids is 1. The van der Waals surface area contributed by atoms with Crippen molar-refractivity contribution in [2.24, 2.45) is 5.73 Å². The number of rotatable bonds is 1. The van der Waals surface area contributed by atoms with Gasteiger partial charge in [0.25, 0.3) is 0 Å². The molecule has 3 nitrogen and oxygen atoms in total. The fourth-order valence-corrected chi connectivity index (χ4v) is 1.03. The number of benzene rings is 1. The van der Waals surface area contributed by atoms with Crippen LogP contribution >= 0.6 is 12.6 Å². The molecule has 1 amide bonds. The van der Waals surface area contributed by atoms with Crippen LogP contribution in [0.2, 0.25) is 0 Å². The zero-order valence-electron chi connectivity index (χ0n) is 5.70. The number of primary amides is 1. The van der Waals surface area contributed by atoms with Crippen molar-refractivity contribution in [2.75, 3.05) is 5.73 Å². The van der Waals surface area contributed by atoms with Gasteiger partial charge in [-0.05, 0) is 18.2 Å². The van der Waals surface area contributed by atoms with Crippen LogP contribution in [-0.4, -0.2) is 5.91 Å². The number of nitrogens with two attached hydrogens (primary N) is 2. The molecule has 0 bridgehead atoms. The molecule has 0 fully saturated rings. The van der Waals surface area contributed by atoms with E-state index >= 15 is 0 Å². The normalized spacial score (nSPS) is 9.45. The molecule has 0 aliphatic carbocycles. The third kappa shape index (κ3) is 1.81. The lowest BCUT2D eigenvalue weighted by Crippen LogP contribution is -2.11. The van der Waals surface area contributed by atoms with Crippen molar-refractivity contribution in [3.63, 3.8) is 0 Å². The number of carbonyl (C=O) groups is 1. The fourth-order valence-electron chi connectivity index (χ4n) is 0.764. The van der Waals surface area contributed by atoms with Crippen molar-refractivity contribution in [2.45, 2.75) is 4.90 Å². The summed E-state index contributed by atoms with van der Waals surface area (Å²) >= 11 is 4.82. The Hall–Kier alpha value is -1.29. The van der Waals surface area contributed by atoms with Crippen molar-refractivity contribution in [1.82, 2.24) is 0 Å². The van der Waals surface area contributed by atoms with Gasteiger partial charge in [-0.1, -0.05) is 12.6 Å². The average Bonchev–Trinajstić information content (AvgIpc) is 1.85. The van der Waals surface area contributed by atoms with Gasteiger partial charge in [0, 0.05) is 16.1 Å². The first kappa shape index (κ1) is 7.81. The largest absolute Gasteiger partial charge is 0.399 e. The molecule has 4 heteroatoms. The van der Waals surface area contributed by atoms with Crippen LogP contribution in [0.4, 0.5) is 5.69 Å². The minimum Gasteiger partial charge on any atom is -0.399 e. The lowest BCUT2D eigenvalue weighted by molar-refractivity contribution is 0.1000. The lowest BCUT2D eigenvalue weighted by atomic mass is 10.2. The van der Waals surface area contributed by atoms with E-state index in [1.54, 1.807) is 6.07 Å². The third-order valence-electron chi connectivity index (χ3n) is 1.21. The van der Waals surface area contributed by atoms with Gasteiger partial charge >= 0.3 is 0 Å². The van der Waals surface area contributed by atoms with E-state index in [0.29, 0.717) is 16.1 Å². The molecule has 0 atom stereocenters. The van der Waals surface area contributed by atoms with Gasteiger partial charge in [0.2, 0.25) is 5.91 Å². The molecule has 57 valence electrons. The molecule has 0 aliphatic rings. The molecule has 0 saturated carbocycles. The van der Waals surface area contributed by atoms with Crippen LogP contribution in [0.3, 0.4) is 0 Å². The van der Waals surface area contributed by atoms with Gasteiger partial charge in [0.1, 0.15) is 0 Å². The number of hydrogen-bond donors (Lipinski definition) is 2. The van der Waals surface area contributed by atoms with Crippen molar-refractivity contribution in [1.29, 1.82) is 0 Å². The second kappa shape index (κ2) is 2.75. The number of hydrogen-bond acceptors (Lipinski definition) is 2. The maximum atomic E-state index is 10.6. The highest BCUT2D eigenvalue weighted by atomic mass is 32.1. The Labute approximate surface area is 69.8 Å². The summed E-state index contributed by atoms with van der Waals surface area (Å²) in [6.45, 7) is 0. The topological polar surface area (TPSA) is 69.1 Å². The first-order chi connectivity index (χ1) is 5.09. The predicted octanol–water partition coefficient (Wildman–Crippen LogP) is 0.924. The van der Waals surface area contributed by atoms with E-state index in [9.17, 15) is 4.79 Å². The van der Waals surface area contributed by atoms with Gasteiger partial charge in [-0.15, -0.1) is 0 Å². The monoisotopic (exact) mass is 167 g/mol. The van der Waals surface area contributed by atoms with E-state index in [4.69, 9.17) is 24.1 Å². The van der Waals surface area contributed by atoms with Crippen molar-refractivity contribution < 1.29 is 4.79 Å². The summed E-state index contributed by atoms with van der Waals surface area (Å²) in [5.41, 5.74) is 11.3.